The zero-order valence-electron chi connectivity index (χ0n) is 16.4. The number of β-amino-alcohol motifs (C(OH)–C–C–N with tert-alkyl or cyclic N) is 1. The van der Waals surface area contributed by atoms with Gasteiger partial charge < -0.3 is 19.5 Å². The first-order valence-corrected chi connectivity index (χ1v) is 10.3. The third-order valence-electron chi connectivity index (χ3n) is 6.37. The van der Waals surface area contributed by atoms with Crippen LogP contribution in [0.1, 0.15) is 17.0 Å². The summed E-state index contributed by atoms with van der Waals surface area (Å²) in [5.74, 6) is 0.0499. The van der Waals surface area contributed by atoms with E-state index in [1.54, 1.807) is 4.90 Å². The van der Waals surface area contributed by atoms with Gasteiger partial charge in [0.15, 0.2) is 0 Å². The fourth-order valence-corrected chi connectivity index (χ4v) is 4.87. The maximum Gasteiger partial charge on any atom is 0.409 e. The summed E-state index contributed by atoms with van der Waals surface area (Å²) >= 11 is 0. The number of carbonyl (C=O) groups is 1. The van der Waals surface area contributed by atoms with Crippen molar-refractivity contribution in [2.45, 2.75) is 18.1 Å². The van der Waals surface area contributed by atoms with Gasteiger partial charge in [-0.05, 0) is 22.3 Å². The van der Waals surface area contributed by atoms with Gasteiger partial charge in [0, 0.05) is 25.6 Å². The molecule has 2 saturated heterocycles. The summed E-state index contributed by atoms with van der Waals surface area (Å²) in [7, 11) is 0. The highest BCUT2D eigenvalue weighted by Crippen LogP contribution is 2.44. The maximum atomic E-state index is 12.7. The Kier molecular flexibility index (Phi) is 4.99. The molecule has 5 rings (SSSR count). The number of amides is 1. The summed E-state index contributed by atoms with van der Waals surface area (Å²) in [6.45, 7) is 4.06. The smallest absolute Gasteiger partial charge is 0.409 e. The van der Waals surface area contributed by atoms with Gasteiger partial charge in [-0.1, -0.05) is 48.5 Å². The minimum Gasteiger partial charge on any atom is -0.448 e. The zero-order chi connectivity index (χ0) is 19.8. The normalized spacial score (nSPS) is 24.4. The van der Waals surface area contributed by atoms with Gasteiger partial charge in [-0.3, -0.25) is 4.90 Å². The molecule has 2 aromatic rings. The predicted octanol–water partition coefficient (Wildman–Crippen LogP) is 2.31. The lowest BCUT2D eigenvalue weighted by atomic mass is 9.98. The SMILES string of the molecule is O=C(OCC1c2ccccc2-c2ccccc21)N1C[C@@H](O)[C@H](N2CCOCC2)C1. The van der Waals surface area contributed by atoms with Crippen molar-refractivity contribution in [1.29, 1.82) is 0 Å². The zero-order valence-corrected chi connectivity index (χ0v) is 16.4. The number of ether oxygens (including phenoxy) is 2. The van der Waals surface area contributed by atoms with Crippen LogP contribution in [0.4, 0.5) is 4.79 Å². The molecule has 2 heterocycles. The first kappa shape index (κ1) is 18.6. The van der Waals surface area contributed by atoms with Crippen molar-refractivity contribution < 1.29 is 19.4 Å². The van der Waals surface area contributed by atoms with Crippen molar-refractivity contribution in [2.24, 2.45) is 0 Å². The average molecular weight is 394 g/mol. The molecule has 152 valence electrons. The van der Waals surface area contributed by atoms with Crippen LogP contribution in [0.3, 0.4) is 0 Å². The van der Waals surface area contributed by atoms with Crippen molar-refractivity contribution in [1.82, 2.24) is 9.80 Å². The number of carbonyl (C=O) groups excluding carboxylic acids is 1. The minimum atomic E-state index is -0.548. The van der Waals surface area contributed by atoms with Crippen molar-refractivity contribution in [3.63, 3.8) is 0 Å². The molecule has 6 heteroatoms. The van der Waals surface area contributed by atoms with Crippen LogP contribution in [0.5, 0.6) is 0 Å². The van der Waals surface area contributed by atoms with Gasteiger partial charge in [0.25, 0.3) is 0 Å². The maximum absolute atomic E-state index is 12.7. The standard InChI is InChI=1S/C23H26N2O4/c26-22-14-25(13-21(22)24-9-11-28-12-10-24)23(27)29-15-20-18-7-3-1-5-16(18)17-6-2-4-8-19(17)20/h1-8,20-22,26H,9-15H2/t21-,22-/m1/s1. The molecule has 1 N–H and O–H groups in total. The lowest BCUT2D eigenvalue weighted by Gasteiger charge is -2.33. The Morgan fingerprint density at radius 1 is 1.00 bits per heavy atom. The molecular formula is C23H26N2O4. The predicted molar refractivity (Wildman–Crippen MR) is 109 cm³/mol. The summed E-state index contributed by atoms with van der Waals surface area (Å²) in [4.78, 5) is 16.6. The fourth-order valence-electron chi connectivity index (χ4n) is 4.87. The molecule has 0 aromatic heterocycles. The molecular weight excluding hydrogens is 368 g/mol. The molecule has 29 heavy (non-hydrogen) atoms. The van der Waals surface area contributed by atoms with Crippen molar-refractivity contribution in [2.75, 3.05) is 46.0 Å². The summed E-state index contributed by atoms with van der Waals surface area (Å²) < 4.78 is 11.1. The number of aliphatic hydroxyl groups excluding tert-OH is 1. The first-order valence-electron chi connectivity index (χ1n) is 10.3. The number of fused-ring (bicyclic) bond motifs is 3. The average Bonchev–Trinajstić information content (AvgIpc) is 3.31. The second kappa shape index (κ2) is 7.78. The van der Waals surface area contributed by atoms with Crippen LogP contribution in [-0.2, 0) is 9.47 Å². The molecule has 0 unspecified atom stereocenters. The molecule has 3 aliphatic rings. The minimum absolute atomic E-state index is 0.0422. The quantitative estimate of drug-likeness (QED) is 0.866. The van der Waals surface area contributed by atoms with E-state index in [4.69, 9.17) is 9.47 Å². The molecule has 2 aliphatic heterocycles. The van der Waals surface area contributed by atoms with E-state index in [-0.39, 0.29) is 18.1 Å². The number of benzene rings is 2. The van der Waals surface area contributed by atoms with Crippen LogP contribution in [0.2, 0.25) is 0 Å². The topological polar surface area (TPSA) is 62.2 Å². The Morgan fingerprint density at radius 3 is 2.28 bits per heavy atom. The second-order valence-electron chi connectivity index (χ2n) is 7.99. The van der Waals surface area contributed by atoms with E-state index in [2.05, 4.69) is 29.2 Å². The Labute approximate surface area is 170 Å². The Morgan fingerprint density at radius 2 is 1.62 bits per heavy atom. The molecule has 2 aromatic carbocycles. The molecule has 0 saturated carbocycles. The molecule has 2 atom stereocenters. The third-order valence-corrected chi connectivity index (χ3v) is 6.37. The highest BCUT2D eigenvalue weighted by atomic mass is 16.6. The molecule has 0 radical (unpaired) electrons. The van der Waals surface area contributed by atoms with E-state index < -0.39 is 6.10 Å². The third kappa shape index (κ3) is 3.41. The van der Waals surface area contributed by atoms with Crippen LogP contribution >= 0.6 is 0 Å². The number of rotatable bonds is 3. The summed E-state index contributed by atoms with van der Waals surface area (Å²) in [5.41, 5.74) is 4.84. The van der Waals surface area contributed by atoms with Crippen molar-refractivity contribution >= 4 is 6.09 Å². The van der Waals surface area contributed by atoms with Crippen LogP contribution in [0.25, 0.3) is 11.1 Å². The van der Waals surface area contributed by atoms with E-state index in [9.17, 15) is 9.90 Å². The lowest BCUT2D eigenvalue weighted by molar-refractivity contribution is -0.00615. The van der Waals surface area contributed by atoms with Crippen LogP contribution < -0.4 is 0 Å². The van der Waals surface area contributed by atoms with Gasteiger partial charge in [0.2, 0.25) is 0 Å². The largest absolute Gasteiger partial charge is 0.448 e. The molecule has 0 bridgehead atoms. The highest BCUT2D eigenvalue weighted by Gasteiger charge is 2.39. The second-order valence-corrected chi connectivity index (χ2v) is 7.99. The summed E-state index contributed by atoms with van der Waals surface area (Å²) in [5, 5.41) is 10.5. The van der Waals surface area contributed by atoms with Gasteiger partial charge in [-0.2, -0.15) is 0 Å². The van der Waals surface area contributed by atoms with Gasteiger partial charge >= 0.3 is 6.09 Å². The van der Waals surface area contributed by atoms with E-state index in [1.165, 1.54) is 22.3 Å². The number of nitrogens with zero attached hydrogens (tertiary/aromatic N) is 2. The van der Waals surface area contributed by atoms with Crippen LogP contribution in [-0.4, -0.2) is 79.1 Å². The molecule has 0 spiro atoms. The number of hydrogen-bond acceptors (Lipinski definition) is 5. The molecule has 6 nitrogen and oxygen atoms in total. The van der Waals surface area contributed by atoms with E-state index in [0.29, 0.717) is 32.9 Å². The lowest BCUT2D eigenvalue weighted by Crippen LogP contribution is -2.49. The van der Waals surface area contributed by atoms with Crippen LogP contribution in [0, 0.1) is 0 Å². The number of morpholine rings is 1. The number of likely N-dealkylation sites (tertiary alicyclic amines) is 1. The Bertz CT molecular complexity index is 850. The van der Waals surface area contributed by atoms with Crippen molar-refractivity contribution in [3.8, 4) is 11.1 Å². The van der Waals surface area contributed by atoms with Gasteiger partial charge in [0.05, 0.1) is 31.9 Å². The van der Waals surface area contributed by atoms with Crippen molar-refractivity contribution in [3.05, 3.63) is 59.7 Å². The molecule has 2 fully saturated rings. The molecule has 1 aliphatic carbocycles. The van der Waals surface area contributed by atoms with E-state index in [1.807, 2.05) is 24.3 Å². The highest BCUT2D eigenvalue weighted by molar-refractivity contribution is 5.79. The Hall–Kier alpha value is -2.41. The van der Waals surface area contributed by atoms with E-state index in [0.717, 1.165) is 13.1 Å². The number of aliphatic hydroxyl groups is 1. The van der Waals surface area contributed by atoms with Gasteiger partial charge in [-0.25, -0.2) is 4.79 Å². The first-order chi connectivity index (χ1) is 14.2. The Balaban J connectivity index is 1.26. The van der Waals surface area contributed by atoms with Gasteiger partial charge in [-0.15, -0.1) is 0 Å². The summed E-state index contributed by atoms with van der Waals surface area (Å²) in [6, 6.07) is 16.6. The van der Waals surface area contributed by atoms with Crippen LogP contribution in [0.15, 0.2) is 48.5 Å². The van der Waals surface area contributed by atoms with E-state index >= 15 is 0 Å². The fraction of sp³-hybridized carbons (Fsp3) is 0.435. The summed E-state index contributed by atoms with van der Waals surface area (Å²) in [6.07, 6.45) is -0.893. The molecule has 1 amide bonds. The van der Waals surface area contributed by atoms with Gasteiger partial charge in [0.1, 0.15) is 6.61 Å². The number of hydrogen-bond donors (Lipinski definition) is 1. The monoisotopic (exact) mass is 394 g/mol.